The van der Waals surface area contributed by atoms with E-state index in [-0.39, 0.29) is 29.9 Å². The molecule has 2 aliphatic heterocycles. The number of hydrogen-bond donors (Lipinski definition) is 2. The summed E-state index contributed by atoms with van der Waals surface area (Å²) in [6, 6.07) is 11.6. The zero-order valence-corrected chi connectivity index (χ0v) is 17.4. The van der Waals surface area contributed by atoms with Crippen molar-refractivity contribution in [2.24, 2.45) is 5.92 Å². The number of rotatable bonds is 1. The van der Waals surface area contributed by atoms with Crippen molar-refractivity contribution in [1.29, 1.82) is 0 Å². The average molecular weight is 405 g/mol. The van der Waals surface area contributed by atoms with Gasteiger partial charge in [0.05, 0.1) is 12.0 Å². The van der Waals surface area contributed by atoms with E-state index in [2.05, 4.69) is 46.0 Å². The summed E-state index contributed by atoms with van der Waals surface area (Å²) in [5.41, 5.74) is 3.62. The average Bonchev–Trinajstić information content (AvgIpc) is 3.05. The van der Waals surface area contributed by atoms with E-state index in [9.17, 15) is 9.59 Å². The molecule has 2 aliphatic rings. The molecule has 4 bridgehead atoms. The van der Waals surface area contributed by atoms with Crippen molar-refractivity contribution in [2.75, 3.05) is 11.9 Å². The van der Waals surface area contributed by atoms with Crippen LogP contribution in [0.5, 0.6) is 0 Å². The first kappa shape index (κ1) is 20.1. The van der Waals surface area contributed by atoms with Gasteiger partial charge in [0.15, 0.2) is 0 Å². The Morgan fingerprint density at radius 1 is 1.10 bits per heavy atom. The highest BCUT2D eigenvalue weighted by molar-refractivity contribution is 5.95. The van der Waals surface area contributed by atoms with E-state index < -0.39 is 0 Å². The number of aromatic nitrogens is 1. The minimum absolute atomic E-state index is 0.154. The number of amides is 1. The standard InChI is InChI=1S/C24H27N3O3/c1-15-10-21(30-24(15)29)20-13-18-8-5-7-17(12-18)6-3-4-9-25-22-14-19(23(28)27-20)11-16(2)26-22/h3-5,7-8,11-12,14-15,20-21H,6,9-10,13H2,1-2H3,(H,25,26)(H,27,28)/t15-,20+,21+/m1/s1. The third-order valence-corrected chi connectivity index (χ3v) is 5.60. The molecule has 0 spiro atoms. The Hall–Kier alpha value is -3.15. The summed E-state index contributed by atoms with van der Waals surface area (Å²) in [7, 11) is 0. The zero-order chi connectivity index (χ0) is 21.1. The smallest absolute Gasteiger partial charge is 0.309 e. The molecule has 4 rings (SSSR count). The number of carbonyl (C=O) groups excluding carboxylic acids is 2. The molecule has 1 aromatic carbocycles. The molecular weight excluding hydrogens is 378 g/mol. The van der Waals surface area contributed by atoms with Crippen LogP contribution in [0.2, 0.25) is 0 Å². The monoisotopic (exact) mass is 405 g/mol. The largest absolute Gasteiger partial charge is 0.460 e. The van der Waals surface area contributed by atoms with Gasteiger partial charge in [-0.05, 0) is 49.4 Å². The molecule has 3 atom stereocenters. The van der Waals surface area contributed by atoms with Crippen molar-refractivity contribution >= 4 is 17.7 Å². The van der Waals surface area contributed by atoms with Gasteiger partial charge in [0, 0.05) is 17.8 Å². The quantitative estimate of drug-likeness (QED) is 0.563. The Morgan fingerprint density at radius 3 is 2.73 bits per heavy atom. The molecule has 156 valence electrons. The highest BCUT2D eigenvalue weighted by Crippen LogP contribution is 2.25. The number of hydrogen-bond acceptors (Lipinski definition) is 5. The number of carbonyl (C=O) groups is 2. The SMILES string of the molecule is Cc1cc2cc(n1)NCC=CCc1cccc(c1)C[C@@H]([C@@H]1C[C@@H](C)C(=O)O1)NC2=O. The van der Waals surface area contributed by atoms with E-state index in [0.29, 0.717) is 30.8 Å². The Kier molecular flexibility index (Phi) is 5.84. The van der Waals surface area contributed by atoms with Crippen LogP contribution in [-0.2, 0) is 22.4 Å². The summed E-state index contributed by atoms with van der Waals surface area (Å²) in [5, 5.41) is 6.38. The summed E-state index contributed by atoms with van der Waals surface area (Å²) < 4.78 is 5.61. The number of nitrogens with zero attached hydrogens (tertiary/aromatic N) is 1. The van der Waals surface area contributed by atoms with Gasteiger partial charge >= 0.3 is 5.97 Å². The summed E-state index contributed by atoms with van der Waals surface area (Å²) in [6.07, 6.45) is 5.89. The Morgan fingerprint density at radius 2 is 1.93 bits per heavy atom. The number of allylic oxidation sites excluding steroid dienone is 1. The lowest BCUT2D eigenvalue weighted by molar-refractivity contribution is -0.144. The minimum atomic E-state index is -0.337. The van der Waals surface area contributed by atoms with Crippen LogP contribution >= 0.6 is 0 Å². The summed E-state index contributed by atoms with van der Waals surface area (Å²) in [5.74, 6) is 0.123. The van der Waals surface area contributed by atoms with Crippen LogP contribution in [0.3, 0.4) is 0 Å². The number of cyclic esters (lactones) is 1. The maximum absolute atomic E-state index is 13.1. The number of anilines is 1. The second-order valence-corrected chi connectivity index (χ2v) is 8.15. The van der Waals surface area contributed by atoms with Crippen molar-refractivity contribution in [1.82, 2.24) is 10.3 Å². The highest BCUT2D eigenvalue weighted by Gasteiger charge is 2.37. The third-order valence-electron chi connectivity index (χ3n) is 5.60. The van der Waals surface area contributed by atoms with Gasteiger partial charge in [-0.2, -0.15) is 0 Å². The number of ether oxygens (including phenoxy) is 1. The van der Waals surface area contributed by atoms with E-state index >= 15 is 0 Å². The molecule has 0 aliphatic carbocycles. The highest BCUT2D eigenvalue weighted by atomic mass is 16.6. The molecule has 1 aromatic heterocycles. The molecule has 30 heavy (non-hydrogen) atoms. The van der Waals surface area contributed by atoms with E-state index in [0.717, 1.165) is 17.7 Å². The van der Waals surface area contributed by atoms with Crippen LogP contribution < -0.4 is 10.6 Å². The van der Waals surface area contributed by atoms with Gasteiger partial charge < -0.3 is 15.4 Å². The van der Waals surface area contributed by atoms with E-state index in [4.69, 9.17) is 4.74 Å². The van der Waals surface area contributed by atoms with Crippen LogP contribution in [0.25, 0.3) is 0 Å². The number of esters is 1. The fourth-order valence-corrected chi connectivity index (χ4v) is 4.03. The molecule has 1 saturated heterocycles. The normalized spacial score (nSPS) is 24.3. The van der Waals surface area contributed by atoms with Crippen LogP contribution in [0, 0.1) is 12.8 Å². The molecule has 0 saturated carbocycles. The Labute approximate surface area is 176 Å². The topological polar surface area (TPSA) is 80.3 Å². The number of aryl methyl sites for hydroxylation is 1. The van der Waals surface area contributed by atoms with E-state index in [1.54, 1.807) is 12.1 Å². The molecule has 0 radical (unpaired) electrons. The maximum Gasteiger partial charge on any atom is 0.309 e. The van der Waals surface area contributed by atoms with Gasteiger partial charge in [-0.15, -0.1) is 0 Å². The van der Waals surface area contributed by atoms with Crippen molar-refractivity contribution in [3.63, 3.8) is 0 Å². The lowest BCUT2D eigenvalue weighted by Gasteiger charge is -2.24. The fourth-order valence-electron chi connectivity index (χ4n) is 4.03. The predicted molar refractivity (Wildman–Crippen MR) is 115 cm³/mol. The molecule has 0 unspecified atom stereocenters. The van der Waals surface area contributed by atoms with Crippen molar-refractivity contribution in [2.45, 2.75) is 45.3 Å². The van der Waals surface area contributed by atoms with Crippen LogP contribution in [0.15, 0.2) is 48.6 Å². The number of pyridine rings is 1. The fraction of sp³-hybridized carbons (Fsp3) is 0.375. The first-order valence-corrected chi connectivity index (χ1v) is 10.4. The molecule has 1 amide bonds. The lowest BCUT2D eigenvalue weighted by atomic mass is 9.95. The van der Waals surface area contributed by atoms with Crippen molar-refractivity contribution in [3.8, 4) is 0 Å². The third kappa shape index (κ3) is 4.70. The summed E-state index contributed by atoms with van der Waals surface area (Å²) in [4.78, 5) is 29.6. The van der Waals surface area contributed by atoms with Crippen LogP contribution in [-0.4, -0.2) is 35.6 Å². The molecule has 1 fully saturated rings. The van der Waals surface area contributed by atoms with Gasteiger partial charge in [-0.1, -0.05) is 43.3 Å². The second-order valence-electron chi connectivity index (χ2n) is 8.15. The molecular formula is C24H27N3O3. The summed E-state index contributed by atoms with van der Waals surface area (Å²) in [6.45, 7) is 4.37. The minimum Gasteiger partial charge on any atom is -0.460 e. The van der Waals surface area contributed by atoms with Gasteiger partial charge in [0.2, 0.25) is 0 Å². The van der Waals surface area contributed by atoms with Crippen molar-refractivity contribution in [3.05, 3.63) is 70.9 Å². The van der Waals surface area contributed by atoms with Gasteiger partial charge in [-0.25, -0.2) is 4.98 Å². The molecule has 6 nitrogen and oxygen atoms in total. The molecule has 2 aromatic rings. The lowest BCUT2D eigenvalue weighted by Crippen LogP contribution is -2.45. The van der Waals surface area contributed by atoms with Crippen molar-refractivity contribution < 1.29 is 14.3 Å². The van der Waals surface area contributed by atoms with Gasteiger partial charge in [0.1, 0.15) is 11.9 Å². The molecule has 3 heterocycles. The Balaban J connectivity index is 1.68. The van der Waals surface area contributed by atoms with E-state index in [1.165, 1.54) is 5.56 Å². The molecule has 6 heteroatoms. The van der Waals surface area contributed by atoms with Gasteiger partial charge in [-0.3, -0.25) is 9.59 Å². The first-order chi connectivity index (χ1) is 14.5. The number of nitrogens with one attached hydrogen (secondary N) is 2. The summed E-state index contributed by atoms with van der Waals surface area (Å²) >= 11 is 0. The van der Waals surface area contributed by atoms with E-state index in [1.807, 2.05) is 19.9 Å². The van der Waals surface area contributed by atoms with Crippen LogP contribution in [0.4, 0.5) is 5.82 Å². The molecule has 2 N–H and O–H groups in total. The Bertz CT molecular complexity index is 985. The maximum atomic E-state index is 13.1. The second kappa shape index (κ2) is 8.69. The number of benzene rings is 1. The predicted octanol–water partition coefficient (Wildman–Crippen LogP) is 3.21. The van der Waals surface area contributed by atoms with Gasteiger partial charge in [0.25, 0.3) is 5.91 Å². The van der Waals surface area contributed by atoms with Crippen LogP contribution in [0.1, 0.15) is 40.5 Å². The first-order valence-electron chi connectivity index (χ1n) is 10.4. The zero-order valence-electron chi connectivity index (χ0n) is 17.4. The number of fused-ring (bicyclic) bond motifs is 4.